The number of carbonyl (C=O) groups is 2. The van der Waals surface area contributed by atoms with Crippen LogP contribution in [-0.2, 0) is 4.79 Å². The molecule has 0 bridgehead atoms. The van der Waals surface area contributed by atoms with E-state index in [1.807, 2.05) is 0 Å². The van der Waals surface area contributed by atoms with Crippen LogP contribution in [0.15, 0.2) is 48.5 Å². The van der Waals surface area contributed by atoms with Crippen LogP contribution in [0.25, 0.3) is 0 Å². The van der Waals surface area contributed by atoms with Crippen LogP contribution in [0.1, 0.15) is 23.2 Å². The van der Waals surface area contributed by atoms with E-state index in [1.54, 1.807) is 36.3 Å². The number of hydrogen-bond acceptors (Lipinski definition) is 3. The van der Waals surface area contributed by atoms with Crippen LogP contribution < -0.4 is 10.1 Å². The van der Waals surface area contributed by atoms with Crippen molar-refractivity contribution in [3.8, 4) is 5.75 Å². The maximum atomic E-state index is 13.0. The van der Waals surface area contributed by atoms with Crippen molar-refractivity contribution in [2.24, 2.45) is 0 Å². The first-order chi connectivity index (χ1) is 12.1. The highest BCUT2D eigenvalue weighted by atomic mass is 19.1. The molecule has 1 aliphatic heterocycles. The molecule has 0 saturated carbocycles. The third kappa shape index (κ3) is 3.79. The first kappa shape index (κ1) is 17.0. The zero-order valence-electron chi connectivity index (χ0n) is 13.9. The van der Waals surface area contributed by atoms with Gasteiger partial charge in [-0.1, -0.05) is 6.07 Å². The van der Waals surface area contributed by atoms with Gasteiger partial charge in [0.05, 0.1) is 7.11 Å². The molecule has 6 heteroatoms. The molecule has 0 aliphatic carbocycles. The summed E-state index contributed by atoms with van der Waals surface area (Å²) in [4.78, 5) is 26.8. The monoisotopic (exact) mass is 342 g/mol. The van der Waals surface area contributed by atoms with Crippen LogP contribution in [-0.4, -0.2) is 36.4 Å². The van der Waals surface area contributed by atoms with Gasteiger partial charge in [-0.15, -0.1) is 0 Å². The van der Waals surface area contributed by atoms with E-state index in [0.29, 0.717) is 30.0 Å². The number of methoxy groups -OCH3 is 1. The van der Waals surface area contributed by atoms with E-state index in [2.05, 4.69) is 5.32 Å². The molecule has 1 unspecified atom stereocenters. The fraction of sp³-hybridized carbons (Fsp3) is 0.263. The van der Waals surface area contributed by atoms with Gasteiger partial charge in [0.2, 0.25) is 5.91 Å². The summed E-state index contributed by atoms with van der Waals surface area (Å²) in [5.41, 5.74) is 0.993. The third-order valence-electron chi connectivity index (χ3n) is 4.24. The molecule has 2 aromatic rings. The highest BCUT2D eigenvalue weighted by Crippen LogP contribution is 2.23. The molecule has 2 aromatic carbocycles. The van der Waals surface area contributed by atoms with Gasteiger partial charge in [0.15, 0.2) is 0 Å². The number of nitrogens with zero attached hydrogens (tertiary/aromatic N) is 1. The number of carbonyl (C=O) groups excluding carboxylic acids is 2. The lowest BCUT2D eigenvalue weighted by atomic mass is 10.1. The standard InChI is InChI=1S/C19H19FN2O3/c1-25-16-5-2-4-15(12-16)21-18(23)17-6-3-11-22(17)19(24)13-7-9-14(20)10-8-13/h2,4-5,7-10,12,17H,3,6,11H2,1H3,(H,21,23). The fourth-order valence-electron chi connectivity index (χ4n) is 2.97. The van der Waals surface area contributed by atoms with Crippen molar-refractivity contribution in [2.45, 2.75) is 18.9 Å². The zero-order valence-corrected chi connectivity index (χ0v) is 13.9. The Morgan fingerprint density at radius 3 is 2.68 bits per heavy atom. The Morgan fingerprint density at radius 2 is 1.96 bits per heavy atom. The molecule has 1 aliphatic rings. The molecular formula is C19H19FN2O3. The largest absolute Gasteiger partial charge is 0.497 e. The van der Waals surface area contributed by atoms with Crippen LogP contribution in [0.2, 0.25) is 0 Å². The van der Waals surface area contributed by atoms with Crippen LogP contribution in [0, 0.1) is 5.82 Å². The first-order valence-electron chi connectivity index (χ1n) is 8.10. The molecule has 1 atom stereocenters. The molecule has 0 radical (unpaired) electrons. The molecule has 2 amide bonds. The Labute approximate surface area is 145 Å². The Balaban J connectivity index is 1.73. The van der Waals surface area contributed by atoms with E-state index in [-0.39, 0.29) is 11.8 Å². The van der Waals surface area contributed by atoms with Gasteiger partial charge in [-0.3, -0.25) is 9.59 Å². The summed E-state index contributed by atoms with van der Waals surface area (Å²) >= 11 is 0. The van der Waals surface area contributed by atoms with E-state index in [4.69, 9.17) is 4.74 Å². The summed E-state index contributed by atoms with van der Waals surface area (Å²) in [6.45, 7) is 0.506. The maximum Gasteiger partial charge on any atom is 0.254 e. The van der Waals surface area contributed by atoms with Gasteiger partial charge in [0, 0.05) is 23.9 Å². The summed E-state index contributed by atoms with van der Waals surface area (Å²) in [6, 6.07) is 11.9. The van der Waals surface area contributed by atoms with E-state index in [9.17, 15) is 14.0 Å². The van der Waals surface area contributed by atoms with E-state index >= 15 is 0 Å². The van der Waals surface area contributed by atoms with Gasteiger partial charge in [-0.2, -0.15) is 0 Å². The van der Waals surface area contributed by atoms with Gasteiger partial charge in [0.25, 0.3) is 5.91 Å². The lowest BCUT2D eigenvalue weighted by Gasteiger charge is -2.24. The molecule has 5 nitrogen and oxygen atoms in total. The van der Waals surface area contributed by atoms with E-state index in [0.717, 1.165) is 6.42 Å². The molecule has 25 heavy (non-hydrogen) atoms. The number of nitrogens with one attached hydrogen (secondary N) is 1. The van der Waals surface area contributed by atoms with Crippen molar-refractivity contribution >= 4 is 17.5 Å². The average molecular weight is 342 g/mol. The first-order valence-corrected chi connectivity index (χ1v) is 8.10. The molecule has 130 valence electrons. The lowest BCUT2D eigenvalue weighted by Crippen LogP contribution is -2.43. The predicted molar refractivity (Wildman–Crippen MR) is 92.1 cm³/mol. The van der Waals surface area contributed by atoms with Gasteiger partial charge in [0.1, 0.15) is 17.6 Å². The summed E-state index contributed by atoms with van der Waals surface area (Å²) in [5.74, 6) is -0.252. The molecule has 1 fully saturated rings. The molecule has 0 aromatic heterocycles. The fourth-order valence-corrected chi connectivity index (χ4v) is 2.97. The van der Waals surface area contributed by atoms with Crippen molar-refractivity contribution in [1.82, 2.24) is 4.90 Å². The van der Waals surface area contributed by atoms with E-state index in [1.165, 1.54) is 24.3 Å². The van der Waals surface area contributed by atoms with Crippen molar-refractivity contribution in [3.63, 3.8) is 0 Å². The summed E-state index contributed by atoms with van der Waals surface area (Å²) in [6.07, 6.45) is 1.35. The predicted octanol–water partition coefficient (Wildman–Crippen LogP) is 3.08. The Kier molecular flexibility index (Phi) is 4.97. The van der Waals surface area contributed by atoms with Crippen molar-refractivity contribution < 1.29 is 18.7 Å². The minimum Gasteiger partial charge on any atom is -0.497 e. The summed E-state index contributed by atoms with van der Waals surface area (Å²) in [5, 5.41) is 2.83. The average Bonchev–Trinajstić information content (AvgIpc) is 3.12. The smallest absolute Gasteiger partial charge is 0.254 e. The Morgan fingerprint density at radius 1 is 1.20 bits per heavy atom. The number of ether oxygens (including phenoxy) is 1. The van der Waals surface area contributed by atoms with Crippen molar-refractivity contribution in [1.29, 1.82) is 0 Å². The highest BCUT2D eigenvalue weighted by molar-refractivity contribution is 6.01. The second-order valence-corrected chi connectivity index (χ2v) is 5.88. The lowest BCUT2D eigenvalue weighted by molar-refractivity contribution is -0.119. The molecular weight excluding hydrogens is 323 g/mol. The molecule has 3 rings (SSSR count). The van der Waals surface area contributed by atoms with Crippen LogP contribution in [0.5, 0.6) is 5.75 Å². The topological polar surface area (TPSA) is 58.6 Å². The third-order valence-corrected chi connectivity index (χ3v) is 4.24. The second kappa shape index (κ2) is 7.34. The summed E-state index contributed by atoms with van der Waals surface area (Å²) in [7, 11) is 1.56. The minimum atomic E-state index is -0.538. The van der Waals surface area contributed by atoms with Gasteiger partial charge in [-0.05, 0) is 49.2 Å². The Hall–Kier alpha value is -2.89. The van der Waals surface area contributed by atoms with Crippen LogP contribution in [0.4, 0.5) is 10.1 Å². The van der Waals surface area contributed by atoms with Crippen molar-refractivity contribution in [2.75, 3.05) is 19.0 Å². The molecule has 0 spiro atoms. The van der Waals surface area contributed by atoms with Crippen molar-refractivity contribution in [3.05, 3.63) is 59.9 Å². The highest BCUT2D eigenvalue weighted by Gasteiger charge is 2.34. The summed E-state index contributed by atoms with van der Waals surface area (Å²) < 4.78 is 18.2. The maximum absolute atomic E-state index is 13.0. The molecule has 1 saturated heterocycles. The number of rotatable bonds is 4. The van der Waals surface area contributed by atoms with Crippen LogP contribution >= 0.6 is 0 Å². The van der Waals surface area contributed by atoms with Crippen LogP contribution in [0.3, 0.4) is 0 Å². The van der Waals surface area contributed by atoms with E-state index < -0.39 is 11.9 Å². The quantitative estimate of drug-likeness (QED) is 0.929. The number of anilines is 1. The minimum absolute atomic E-state index is 0.235. The second-order valence-electron chi connectivity index (χ2n) is 5.88. The number of likely N-dealkylation sites (tertiary alicyclic amines) is 1. The number of halogens is 1. The van der Waals surface area contributed by atoms with Gasteiger partial charge < -0.3 is 15.0 Å². The number of benzene rings is 2. The Bertz CT molecular complexity index is 776. The van der Waals surface area contributed by atoms with Gasteiger partial charge in [-0.25, -0.2) is 4.39 Å². The van der Waals surface area contributed by atoms with Gasteiger partial charge >= 0.3 is 0 Å². The normalized spacial score (nSPS) is 16.6. The number of hydrogen-bond donors (Lipinski definition) is 1. The SMILES string of the molecule is COc1cccc(NC(=O)C2CCCN2C(=O)c2ccc(F)cc2)c1. The molecule has 1 N–H and O–H groups in total. The zero-order chi connectivity index (χ0) is 17.8. The number of amides is 2. The molecule has 1 heterocycles.